The SMILES string of the molecule is Cc1ccc(CN[C@@H]2CC(=O)N(Cc3ccc(Cl)cc3)C2=O)cc1. The van der Waals surface area contributed by atoms with Gasteiger partial charge in [-0.1, -0.05) is 53.6 Å². The third kappa shape index (κ3) is 3.83. The Hall–Kier alpha value is -2.17. The van der Waals surface area contributed by atoms with Crippen LogP contribution in [0.4, 0.5) is 0 Å². The highest BCUT2D eigenvalue weighted by Gasteiger charge is 2.38. The Bertz CT molecular complexity index is 741. The summed E-state index contributed by atoms with van der Waals surface area (Å²) in [6.07, 6.45) is 0.207. The first kappa shape index (κ1) is 16.7. The number of imide groups is 1. The van der Waals surface area contributed by atoms with Crippen LogP contribution in [0.1, 0.15) is 23.1 Å². The number of rotatable bonds is 5. The van der Waals surface area contributed by atoms with E-state index >= 15 is 0 Å². The lowest BCUT2D eigenvalue weighted by Gasteiger charge is -2.15. The van der Waals surface area contributed by atoms with Gasteiger partial charge in [-0.3, -0.25) is 14.5 Å². The van der Waals surface area contributed by atoms with Crippen LogP contribution in [0.3, 0.4) is 0 Å². The first-order chi connectivity index (χ1) is 11.5. The van der Waals surface area contributed by atoms with Gasteiger partial charge in [-0.25, -0.2) is 0 Å². The summed E-state index contributed by atoms with van der Waals surface area (Å²) in [7, 11) is 0. The maximum absolute atomic E-state index is 12.5. The number of amides is 2. The molecule has 1 N–H and O–H groups in total. The van der Waals surface area contributed by atoms with E-state index in [-0.39, 0.29) is 24.8 Å². The first-order valence-electron chi connectivity index (χ1n) is 7.90. The number of carbonyl (C=O) groups is 2. The van der Waals surface area contributed by atoms with E-state index in [2.05, 4.69) is 5.32 Å². The molecule has 1 saturated heterocycles. The Kier molecular flexibility index (Phi) is 4.97. The summed E-state index contributed by atoms with van der Waals surface area (Å²) in [5, 5.41) is 3.82. The zero-order valence-corrected chi connectivity index (χ0v) is 14.2. The fourth-order valence-electron chi connectivity index (χ4n) is 2.73. The van der Waals surface area contributed by atoms with Gasteiger partial charge in [0.25, 0.3) is 0 Å². The van der Waals surface area contributed by atoms with Crippen LogP contribution in [-0.2, 0) is 22.7 Å². The molecule has 0 bridgehead atoms. The number of carbonyl (C=O) groups excluding carboxylic acids is 2. The quantitative estimate of drug-likeness (QED) is 0.850. The molecule has 0 saturated carbocycles. The molecule has 0 aromatic heterocycles. The fraction of sp³-hybridized carbons (Fsp3) is 0.263. The van der Waals surface area contributed by atoms with Crippen molar-refractivity contribution in [2.24, 2.45) is 0 Å². The molecular formula is C19H19ClN2O2. The molecule has 1 aliphatic rings. The summed E-state index contributed by atoms with van der Waals surface area (Å²) in [6, 6.07) is 14.8. The Labute approximate surface area is 146 Å². The van der Waals surface area contributed by atoms with E-state index in [0.717, 1.165) is 11.1 Å². The topological polar surface area (TPSA) is 49.4 Å². The molecule has 2 aromatic rings. The Morgan fingerprint density at radius 1 is 1.04 bits per heavy atom. The van der Waals surface area contributed by atoms with Crippen LogP contribution in [-0.4, -0.2) is 22.8 Å². The number of aryl methyl sites for hydroxylation is 1. The lowest BCUT2D eigenvalue weighted by molar-refractivity contribution is -0.139. The molecule has 2 aromatic carbocycles. The Balaban J connectivity index is 1.61. The fourth-order valence-corrected chi connectivity index (χ4v) is 2.85. The van der Waals surface area contributed by atoms with Gasteiger partial charge in [0.2, 0.25) is 11.8 Å². The minimum Gasteiger partial charge on any atom is -0.301 e. The van der Waals surface area contributed by atoms with E-state index in [1.807, 2.05) is 43.3 Å². The monoisotopic (exact) mass is 342 g/mol. The summed E-state index contributed by atoms with van der Waals surface area (Å²) in [4.78, 5) is 26.0. The molecule has 0 unspecified atom stereocenters. The maximum Gasteiger partial charge on any atom is 0.247 e. The molecule has 1 heterocycles. The van der Waals surface area contributed by atoms with Crippen molar-refractivity contribution < 1.29 is 9.59 Å². The van der Waals surface area contributed by atoms with Crippen molar-refractivity contribution in [1.82, 2.24) is 10.2 Å². The molecule has 1 atom stereocenters. The molecule has 2 amide bonds. The average Bonchev–Trinajstić information content (AvgIpc) is 2.84. The largest absolute Gasteiger partial charge is 0.301 e. The summed E-state index contributed by atoms with van der Waals surface area (Å²) >= 11 is 5.86. The van der Waals surface area contributed by atoms with E-state index in [9.17, 15) is 9.59 Å². The lowest BCUT2D eigenvalue weighted by atomic mass is 10.1. The van der Waals surface area contributed by atoms with E-state index in [1.54, 1.807) is 12.1 Å². The van der Waals surface area contributed by atoms with Gasteiger partial charge >= 0.3 is 0 Å². The van der Waals surface area contributed by atoms with Gasteiger partial charge in [0, 0.05) is 11.6 Å². The van der Waals surface area contributed by atoms with Crippen molar-refractivity contribution in [1.29, 1.82) is 0 Å². The molecule has 0 aliphatic carbocycles. The van der Waals surface area contributed by atoms with Crippen molar-refractivity contribution in [3.05, 3.63) is 70.2 Å². The van der Waals surface area contributed by atoms with Crippen molar-refractivity contribution in [3.63, 3.8) is 0 Å². The second-order valence-electron chi connectivity index (χ2n) is 6.07. The predicted octanol–water partition coefficient (Wildman–Crippen LogP) is 3.07. The number of benzene rings is 2. The summed E-state index contributed by atoms with van der Waals surface area (Å²) in [5.41, 5.74) is 3.18. The van der Waals surface area contributed by atoms with Crippen molar-refractivity contribution >= 4 is 23.4 Å². The van der Waals surface area contributed by atoms with Gasteiger partial charge in [-0.2, -0.15) is 0 Å². The highest BCUT2D eigenvalue weighted by molar-refractivity contribution is 6.30. The van der Waals surface area contributed by atoms with Gasteiger partial charge in [0.15, 0.2) is 0 Å². The van der Waals surface area contributed by atoms with Gasteiger partial charge in [-0.15, -0.1) is 0 Å². The third-order valence-corrected chi connectivity index (χ3v) is 4.42. The summed E-state index contributed by atoms with van der Waals surface area (Å²) in [6.45, 7) is 2.89. The van der Waals surface area contributed by atoms with Crippen LogP contribution in [0.25, 0.3) is 0 Å². The normalized spacial score (nSPS) is 17.6. The van der Waals surface area contributed by atoms with Crippen molar-refractivity contribution in [2.45, 2.75) is 32.5 Å². The van der Waals surface area contributed by atoms with E-state index < -0.39 is 6.04 Å². The number of halogens is 1. The van der Waals surface area contributed by atoms with E-state index in [1.165, 1.54) is 10.5 Å². The zero-order chi connectivity index (χ0) is 17.1. The first-order valence-corrected chi connectivity index (χ1v) is 8.28. The smallest absolute Gasteiger partial charge is 0.247 e. The minimum absolute atomic E-state index is 0.142. The number of nitrogens with zero attached hydrogens (tertiary/aromatic N) is 1. The van der Waals surface area contributed by atoms with Crippen LogP contribution >= 0.6 is 11.6 Å². The molecule has 24 heavy (non-hydrogen) atoms. The molecular weight excluding hydrogens is 324 g/mol. The Morgan fingerprint density at radius 3 is 2.33 bits per heavy atom. The maximum atomic E-state index is 12.5. The van der Waals surface area contributed by atoms with Gasteiger partial charge in [0.1, 0.15) is 0 Å². The molecule has 3 rings (SSSR count). The van der Waals surface area contributed by atoms with E-state index in [0.29, 0.717) is 11.6 Å². The van der Waals surface area contributed by atoms with Crippen LogP contribution in [0.15, 0.2) is 48.5 Å². The molecule has 0 spiro atoms. The molecule has 4 nitrogen and oxygen atoms in total. The summed E-state index contributed by atoms with van der Waals surface area (Å²) in [5.74, 6) is -0.307. The zero-order valence-electron chi connectivity index (χ0n) is 13.5. The molecule has 1 aliphatic heterocycles. The van der Waals surface area contributed by atoms with Crippen LogP contribution in [0.2, 0.25) is 5.02 Å². The summed E-state index contributed by atoms with van der Waals surface area (Å²) < 4.78 is 0. The second kappa shape index (κ2) is 7.16. The highest BCUT2D eigenvalue weighted by atomic mass is 35.5. The minimum atomic E-state index is -0.453. The highest BCUT2D eigenvalue weighted by Crippen LogP contribution is 2.18. The number of nitrogens with one attached hydrogen (secondary N) is 1. The van der Waals surface area contributed by atoms with Crippen LogP contribution < -0.4 is 5.32 Å². The van der Waals surface area contributed by atoms with Gasteiger partial charge < -0.3 is 5.32 Å². The number of hydrogen-bond acceptors (Lipinski definition) is 3. The number of likely N-dealkylation sites (tertiary alicyclic amines) is 1. The number of hydrogen-bond donors (Lipinski definition) is 1. The Morgan fingerprint density at radius 2 is 1.67 bits per heavy atom. The van der Waals surface area contributed by atoms with Crippen LogP contribution in [0.5, 0.6) is 0 Å². The van der Waals surface area contributed by atoms with Gasteiger partial charge in [0.05, 0.1) is 19.0 Å². The van der Waals surface area contributed by atoms with Crippen molar-refractivity contribution in [3.8, 4) is 0 Å². The lowest BCUT2D eigenvalue weighted by Crippen LogP contribution is -2.38. The van der Waals surface area contributed by atoms with Crippen molar-refractivity contribution in [2.75, 3.05) is 0 Å². The molecule has 124 valence electrons. The van der Waals surface area contributed by atoms with Crippen LogP contribution in [0, 0.1) is 6.92 Å². The molecule has 5 heteroatoms. The second-order valence-corrected chi connectivity index (χ2v) is 6.50. The molecule has 0 radical (unpaired) electrons. The average molecular weight is 343 g/mol. The standard InChI is InChI=1S/C19H19ClN2O2/c1-13-2-4-14(5-3-13)11-21-17-10-18(23)22(19(17)24)12-15-6-8-16(20)9-7-15/h2-9,17,21H,10-12H2,1H3/t17-/m1/s1. The molecule has 1 fully saturated rings. The third-order valence-electron chi connectivity index (χ3n) is 4.17. The van der Waals surface area contributed by atoms with E-state index in [4.69, 9.17) is 11.6 Å². The predicted molar refractivity (Wildman–Crippen MR) is 93.4 cm³/mol. The van der Waals surface area contributed by atoms with Gasteiger partial charge in [-0.05, 0) is 30.2 Å².